The minimum Gasteiger partial charge on any atom is -0.492 e. The number of aryl methyl sites for hydroxylation is 1. The van der Waals surface area contributed by atoms with Gasteiger partial charge in [0.25, 0.3) is 0 Å². The molecule has 0 aromatic heterocycles. The van der Waals surface area contributed by atoms with Crippen LogP contribution in [-0.4, -0.2) is 32.2 Å². The Labute approximate surface area is 143 Å². The van der Waals surface area contributed by atoms with E-state index >= 15 is 0 Å². The summed E-state index contributed by atoms with van der Waals surface area (Å²) in [7, 11) is 0. The van der Waals surface area contributed by atoms with Gasteiger partial charge in [0.2, 0.25) is 5.91 Å². The van der Waals surface area contributed by atoms with E-state index in [2.05, 4.69) is 10.6 Å². The van der Waals surface area contributed by atoms with Gasteiger partial charge in [-0.1, -0.05) is 24.3 Å². The van der Waals surface area contributed by atoms with Crippen LogP contribution in [0.25, 0.3) is 0 Å². The third-order valence-corrected chi connectivity index (χ3v) is 3.31. The molecule has 0 unspecified atom stereocenters. The Balaban J connectivity index is 1.68. The number of hydrogen-bond acceptors (Lipinski definition) is 4. The van der Waals surface area contributed by atoms with Gasteiger partial charge in [-0.2, -0.15) is 0 Å². The van der Waals surface area contributed by atoms with Crippen molar-refractivity contribution in [3.05, 3.63) is 54.1 Å². The minimum absolute atomic E-state index is 0.0888. The molecule has 0 aliphatic carbocycles. The van der Waals surface area contributed by atoms with E-state index in [9.17, 15) is 4.79 Å². The van der Waals surface area contributed by atoms with Gasteiger partial charge in [-0.3, -0.25) is 4.79 Å². The Hall–Kier alpha value is -2.69. The second-order valence-corrected chi connectivity index (χ2v) is 5.30. The van der Waals surface area contributed by atoms with Crippen LogP contribution in [0.4, 0.5) is 5.69 Å². The molecule has 0 saturated carbocycles. The number of rotatable bonds is 9. The molecule has 5 heteroatoms. The van der Waals surface area contributed by atoms with Gasteiger partial charge in [0.05, 0.1) is 25.4 Å². The highest BCUT2D eigenvalue weighted by molar-refractivity contribution is 5.81. The van der Waals surface area contributed by atoms with Crippen LogP contribution < -0.4 is 20.1 Å². The lowest BCUT2D eigenvalue weighted by Gasteiger charge is -2.12. The lowest BCUT2D eigenvalue weighted by molar-refractivity contribution is -0.119. The summed E-state index contributed by atoms with van der Waals surface area (Å²) in [5, 5.41) is 5.91. The van der Waals surface area contributed by atoms with E-state index < -0.39 is 0 Å². The van der Waals surface area contributed by atoms with Crippen molar-refractivity contribution in [3.63, 3.8) is 0 Å². The van der Waals surface area contributed by atoms with E-state index in [1.54, 1.807) is 0 Å². The number of nitrogens with one attached hydrogen (secondary N) is 2. The molecule has 0 atom stereocenters. The maximum atomic E-state index is 11.9. The predicted octanol–water partition coefficient (Wildman–Crippen LogP) is 3.00. The Kier molecular flexibility index (Phi) is 6.95. The van der Waals surface area contributed by atoms with Crippen LogP contribution in [0.3, 0.4) is 0 Å². The molecule has 2 aromatic rings. The first-order chi connectivity index (χ1) is 11.7. The molecular weight excluding hydrogens is 304 g/mol. The lowest BCUT2D eigenvalue weighted by atomic mass is 10.2. The van der Waals surface area contributed by atoms with E-state index in [0.29, 0.717) is 19.8 Å². The summed E-state index contributed by atoms with van der Waals surface area (Å²) in [5.74, 6) is 1.47. The molecule has 0 heterocycles. The fourth-order valence-electron chi connectivity index (χ4n) is 2.20. The summed E-state index contributed by atoms with van der Waals surface area (Å²) in [5.41, 5.74) is 1.96. The van der Waals surface area contributed by atoms with Crippen LogP contribution in [0.2, 0.25) is 0 Å². The number of benzene rings is 2. The Bertz CT molecular complexity index is 659. The van der Waals surface area contributed by atoms with Crippen LogP contribution in [0, 0.1) is 6.92 Å². The third-order valence-electron chi connectivity index (χ3n) is 3.31. The van der Waals surface area contributed by atoms with Crippen LogP contribution in [-0.2, 0) is 4.79 Å². The van der Waals surface area contributed by atoms with Crippen molar-refractivity contribution in [3.8, 4) is 11.5 Å². The van der Waals surface area contributed by atoms with Crippen molar-refractivity contribution in [2.24, 2.45) is 0 Å². The van der Waals surface area contributed by atoms with E-state index in [4.69, 9.17) is 9.47 Å². The number of amides is 1. The second kappa shape index (κ2) is 9.45. The standard InChI is InChI=1S/C19H24N2O3/c1-3-23-18-10-5-4-9-17(18)21-14-19(22)20-11-12-24-16-8-6-7-15(2)13-16/h4-10,13,21H,3,11-12,14H2,1-2H3,(H,20,22). The maximum Gasteiger partial charge on any atom is 0.239 e. The highest BCUT2D eigenvalue weighted by Crippen LogP contribution is 2.23. The van der Waals surface area contributed by atoms with Crippen molar-refractivity contribution >= 4 is 11.6 Å². The molecule has 2 N–H and O–H groups in total. The molecule has 0 aliphatic heterocycles. The topological polar surface area (TPSA) is 59.6 Å². The van der Waals surface area contributed by atoms with Gasteiger partial charge >= 0.3 is 0 Å². The van der Waals surface area contributed by atoms with Gasteiger partial charge in [0, 0.05) is 0 Å². The molecule has 0 fully saturated rings. The van der Waals surface area contributed by atoms with E-state index in [0.717, 1.165) is 22.7 Å². The molecular formula is C19H24N2O3. The van der Waals surface area contributed by atoms with Gasteiger partial charge in [-0.25, -0.2) is 0 Å². The average molecular weight is 328 g/mol. The summed E-state index contributed by atoms with van der Waals surface area (Å²) < 4.78 is 11.1. The molecule has 2 rings (SSSR count). The number of carbonyl (C=O) groups excluding carboxylic acids is 1. The Morgan fingerprint density at radius 3 is 2.71 bits per heavy atom. The van der Waals surface area contributed by atoms with E-state index in [1.807, 2.05) is 62.4 Å². The summed E-state index contributed by atoms with van der Waals surface area (Å²) in [6.45, 7) is 5.61. The monoisotopic (exact) mass is 328 g/mol. The lowest BCUT2D eigenvalue weighted by Crippen LogP contribution is -2.33. The zero-order valence-corrected chi connectivity index (χ0v) is 14.2. The molecule has 0 bridgehead atoms. The highest BCUT2D eigenvalue weighted by Gasteiger charge is 2.05. The van der Waals surface area contributed by atoms with E-state index in [1.165, 1.54) is 0 Å². The molecule has 0 aliphatic rings. The summed E-state index contributed by atoms with van der Waals surface area (Å²) in [6.07, 6.45) is 0. The van der Waals surface area contributed by atoms with Crippen molar-refractivity contribution in [2.45, 2.75) is 13.8 Å². The van der Waals surface area contributed by atoms with Crippen LogP contribution in [0.5, 0.6) is 11.5 Å². The first-order valence-electron chi connectivity index (χ1n) is 8.11. The fraction of sp³-hybridized carbons (Fsp3) is 0.316. The molecule has 1 amide bonds. The Morgan fingerprint density at radius 1 is 1.08 bits per heavy atom. The molecule has 24 heavy (non-hydrogen) atoms. The van der Waals surface area contributed by atoms with Crippen LogP contribution in [0.1, 0.15) is 12.5 Å². The fourth-order valence-corrected chi connectivity index (χ4v) is 2.20. The van der Waals surface area contributed by atoms with Gasteiger partial charge in [0.15, 0.2) is 0 Å². The first-order valence-corrected chi connectivity index (χ1v) is 8.11. The molecule has 5 nitrogen and oxygen atoms in total. The molecule has 2 aromatic carbocycles. The zero-order valence-electron chi connectivity index (χ0n) is 14.2. The van der Waals surface area contributed by atoms with Crippen molar-refractivity contribution in [1.29, 1.82) is 0 Å². The number of carbonyl (C=O) groups is 1. The summed E-state index contributed by atoms with van der Waals surface area (Å²) >= 11 is 0. The van der Waals surface area contributed by atoms with Crippen molar-refractivity contribution in [1.82, 2.24) is 5.32 Å². The number of para-hydroxylation sites is 2. The second-order valence-electron chi connectivity index (χ2n) is 5.30. The van der Waals surface area contributed by atoms with Crippen molar-refractivity contribution < 1.29 is 14.3 Å². The van der Waals surface area contributed by atoms with E-state index in [-0.39, 0.29) is 12.5 Å². The Morgan fingerprint density at radius 2 is 1.92 bits per heavy atom. The normalized spacial score (nSPS) is 10.1. The maximum absolute atomic E-state index is 11.9. The molecule has 0 spiro atoms. The van der Waals surface area contributed by atoms with Gasteiger partial charge < -0.3 is 20.1 Å². The molecule has 0 radical (unpaired) electrons. The average Bonchev–Trinajstić information content (AvgIpc) is 2.58. The number of hydrogen-bond donors (Lipinski definition) is 2. The predicted molar refractivity (Wildman–Crippen MR) is 95.8 cm³/mol. The number of ether oxygens (including phenoxy) is 2. The van der Waals surface area contributed by atoms with Gasteiger partial charge in [0.1, 0.15) is 18.1 Å². The zero-order chi connectivity index (χ0) is 17.2. The highest BCUT2D eigenvalue weighted by atomic mass is 16.5. The quantitative estimate of drug-likeness (QED) is 0.695. The summed E-state index contributed by atoms with van der Waals surface area (Å²) in [6, 6.07) is 15.4. The molecule has 0 saturated heterocycles. The number of anilines is 1. The summed E-state index contributed by atoms with van der Waals surface area (Å²) in [4.78, 5) is 11.9. The molecule has 128 valence electrons. The SMILES string of the molecule is CCOc1ccccc1NCC(=O)NCCOc1cccc(C)c1. The van der Waals surface area contributed by atoms with Crippen LogP contribution in [0.15, 0.2) is 48.5 Å². The van der Waals surface area contributed by atoms with Crippen LogP contribution >= 0.6 is 0 Å². The van der Waals surface area contributed by atoms with Crippen molar-refractivity contribution in [2.75, 3.05) is 31.6 Å². The van der Waals surface area contributed by atoms with Gasteiger partial charge in [-0.15, -0.1) is 0 Å². The first kappa shape index (κ1) is 17.7. The smallest absolute Gasteiger partial charge is 0.239 e. The third kappa shape index (κ3) is 5.83. The largest absolute Gasteiger partial charge is 0.492 e. The minimum atomic E-state index is -0.0888. The van der Waals surface area contributed by atoms with Gasteiger partial charge in [-0.05, 0) is 43.7 Å².